The van der Waals surface area contributed by atoms with Crippen LogP contribution in [0.4, 0.5) is 0 Å². The van der Waals surface area contributed by atoms with E-state index in [1.165, 1.54) is 0 Å². The van der Waals surface area contributed by atoms with Gasteiger partial charge in [0, 0.05) is 5.56 Å². The number of nitrogens with zero attached hydrogens (tertiary/aromatic N) is 3. The van der Waals surface area contributed by atoms with Crippen molar-refractivity contribution in [3.05, 3.63) is 77.4 Å². The van der Waals surface area contributed by atoms with Gasteiger partial charge in [0.1, 0.15) is 5.75 Å². The van der Waals surface area contributed by atoms with E-state index in [0.717, 1.165) is 0 Å². The molecule has 0 radical (unpaired) electrons. The first-order chi connectivity index (χ1) is 12.2. The van der Waals surface area contributed by atoms with Crippen LogP contribution >= 0.6 is 0 Å². The number of rotatable bonds is 6. The number of benzene rings is 2. The molecule has 3 aromatic rings. The minimum atomic E-state index is -0.281. The summed E-state index contributed by atoms with van der Waals surface area (Å²) in [5.41, 5.74) is 0.952. The fourth-order valence-electron chi connectivity index (χ4n) is 2.04. The highest BCUT2D eigenvalue weighted by Gasteiger charge is 2.10. The third kappa shape index (κ3) is 4.42. The predicted molar refractivity (Wildman–Crippen MR) is 87.4 cm³/mol. The van der Waals surface area contributed by atoms with Crippen LogP contribution in [0.3, 0.4) is 0 Å². The van der Waals surface area contributed by atoms with E-state index in [4.69, 9.17) is 14.5 Å². The van der Waals surface area contributed by atoms with Crippen LogP contribution in [0.25, 0.3) is 0 Å². The summed E-state index contributed by atoms with van der Waals surface area (Å²) in [5, 5.41) is 15.2. The summed E-state index contributed by atoms with van der Waals surface area (Å²) in [4.78, 5) is 16.2. The van der Waals surface area contributed by atoms with Gasteiger partial charge in [-0.25, -0.2) is 0 Å². The van der Waals surface area contributed by atoms with E-state index in [-0.39, 0.29) is 19.1 Å². The van der Waals surface area contributed by atoms with Crippen molar-refractivity contribution in [1.82, 2.24) is 15.5 Å². The Labute approximate surface area is 143 Å². The van der Waals surface area contributed by atoms with E-state index >= 15 is 0 Å². The zero-order chi connectivity index (χ0) is 17.5. The van der Waals surface area contributed by atoms with Gasteiger partial charge in [0.2, 0.25) is 0 Å². The lowest BCUT2D eigenvalue weighted by Gasteiger charge is -2.02. The highest BCUT2D eigenvalue weighted by atomic mass is 16.5. The van der Waals surface area contributed by atoms with E-state index in [1.807, 2.05) is 36.4 Å². The molecule has 25 heavy (non-hydrogen) atoms. The Morgan fingerprint density at radius 2 is 1.92 bits per heavy atom. The van der Waals surface area contributed by atoms with Crippen LogP contribution in [0.15, 0.2) is 59.1 Å². The first kappa shape index (κ1) is 16.2. The molecule has 0 unspecified atom stereocenters. The summed E-state index contributed by atoms with van der Waals surface area (Å²) in [7, 11) is 0. The van der Waals surface area contributed by atoms with Crippen molar-refractivity contribution in [2.45, 2.75) is 13.2 Å². The van der Waals surface area contributed by atoms with E-state index in [1.54, 1.807) is 24.3 Å². The van der Waals surface area contributed by atoms with Crippen LogP contribution in [-0.4, -0.2) is 16.0 Å². The standard InChI is InChI=1S/C18H14N4O3/c19-10-13-6-8-14(9-7-13)18(23)20-11-16-21-17(25-22-16)12-24-15-4-2-1-3-5-15/h1-9H,11-12H2,(H,20,23). The van der Waals surface area contributed by atoms with Gasteiger partial charge in [-0.2, -0.15) is 10.2 Å². The maximum atomic E-state index is 12.0. The molecule has 124 valence electrons. The van der Waals surface area contributed by atoms with E-state index < -0.39 is 0 Å². The van der Waals surface area contributed by atoms with Crippen LogP contribution in [0.5, 0.6) is 5.75 Å². The van der Waals surface area contributed by atoms with Crippen molar-refractivity contribution >= 4 is 5.91 Å². The summed E-state index contributed by atoms with van der Waals surface area (Å²) in [6.45, 7) is 0.286. The van der Waals surface area contributed by atoms with Crippen molar-refractivity contribution in [2.75, 3.05) is 0 Å². The van der Waals surface area contributed by atoms with Crippen LogP contribution in [0.2, 0.25) is 0 Å². The summed E-state index contributed by atoms with van der Waals surface area (Å²) in [5.74, 6) is 1.10. The third-order valence-electron chi connectivity index (χ3n) is 3.30. The molecule has 3 rings (SSSR count). The SMILES string of the molecule is N#Cc1ccc(C(=O)NCc2noc(COc3ccccc3)n2)cc1. The second-order valence-electron chi connectivity index (χ2n) is 5.08. The Kier molecular flexibility index (Phi) is 5.02. The number of para-hydroxylation sites is 1. The Bertz CT molecular complexity index is 883. The summed E-state index contributed by atoms with van der Waals surface area (Å²) < 4.78 is 10.6. The van der Waals surface area contributed by atoms with Gasteiger partial charge in [-0.15, -0.1) is 0 Å². The van der Waals surface area contributed by atoms with Crippen LogP contribution < -0.4 is 10.1 Å². The quantitative estimate of drug-likeness (QED) is 0.743. The lowest BCUT2D eigenvalue weighted by molar-refractivity contribution is 0.0949. The molecule has 1 N–H and O–H groups in total. The zero-order valence-corrected chi connectivity index (χ0v) is 13.2. The minimum absolute atomic E-state index is 0.133. The van der Waals surface area contributed by atoms with Gasteiger partial charge in [-0.3, -0.25) is 4.79 Å². The molecule has 0 aliphatic carbocycles. The second kappa shape index (κ2) is 7.75. The zero-order valence-electron chi connectivity index (χ0n) is 13.2. The van der Waals surface area contributed by atoms with Crippen molar-refractivity contribution in [1.29, 1.82) is 5.26 Å². The molecule has 0 atom stereocenters. The molecule has 2 aromatic carbocycles. The van der Waals surface area contributed by atoms with Crippen molar-refractivity contribution in [2.24, 2.45) is 0 Å². The van der Waals surface area contributed by atoms with Gasteiger partial charge >= 0.3 is 0 Å². The molecule has 0 saturated carbocycles. The van der Waals surface area contributed by atoms with Crippen molar-refractivity contribution in [3.8, 4) is 11.8 Å². The third-order valence-corrected chi connectivity index (χ3v) is 3.30. The number of amides is 1. The smallest absolute Gasteiger partial charge is 0.264 e. The molecule has 1 heterocycles. The van der Waals surface area contributed by atoms with E-state index in [0.29, 0.717) is 28.6 Å². The summed E-state index contributed by atoms with van der Waals surface area (Å²) in [6, 6.07) is 17.6. The number of hydrogen-bond acceptors (Lipinski definition) is 6. The average molecular weight is 334 g/mol. The molecule has 0 aliphatic heterocycles. The molecule has 0 bridgehead atoms. The van der Waals surface area contributed by atoms with Gasteiger partial charge < -0.3 is 14.6 Å². The normalized spacial score (nSPS) is 10.0. The fraction of sp³-hybridized carbons (Fsp3) is 0.111. The summed E-state index contributed by atoms with van der Waals surface area (Å²) >= 11 is 0. The van der Waals surface area contributed by atoms with Gasteiger partial charge in [0.25, 0.3) is 11.8 Å². The molecular formula is C18H14N4O3. The molecule has 7 heteroatoms. The van der Waals surface area contributed by atoms with E-state index in [9.17, 15) is 4.79 Å². The lowest BCUT2D eigenvalue weighted by Crippen LogP contribution is -2.23. The maximum absolute atomic E-state index is 12.0. The molecule has 0 spiro atoms. The Balaban J connectivity index is 1.51. The number of carbonyl (C=O) groups excluding carboxylic acids is 1. The van der Waals surface area contributed by atoms with Gasteiger partial charge in [-0.05, 0) is 36.4 Å². The van der Waals surface area contributed by atoms with Gasteiger partial charge in [-0.1, -0.05) is 23.4 Å². The maximum Gasteiger partial charge on any atom is 0.264 e. The highest BCUT2D eigenvalue weighted by molar-refractivity contribution is 5.94. The number of aromatic nitrogens is 2. The fourth-order valence-corrected chi connectivity index (χ4v) is 2.04. The minimum Gasteiger partial charge on any atom is -0.484 e. The largest absolute Gasteiger partial charge is 0.484 e. The second-order valence-corrected chi connectivity index (χ2v) is 5.08. The Hall–Kier alpha value is -3.66. The lowest BCUT2D eigenvalue weighted by atomic mass is 10.1. The molecule has 0 aliphatic rings. The number of nitriles is 1. The Morgan fingerprint density at radius 1 is 1.16 bits per heavy atom. The summed E-state index contributed by atoms with van der Waals surface area (Å²) in [6.07, 6.45) is 0. The molecule has 0 saturated heterocycles. The van der Waals surface area contributed by atoms with Crippen molar-refractivity contribution < 1.29 is 14.1 Å². The molecule has 0 fully saturated rings. The topological polar surface area (TPSA) is 101 Å². The number of nitrogens with one attached hydrogen (secondary N) is 1. The van der Waals surface area contributed by atoms with Crippen LogP contribution in [-0.2, 0) is 13.2 Å². The van der Waals surface area contributed by atoms with Gasteiger partial charge in [0.15, 0.2) is 12.4 Å². The number of carbonyl (C=O) groups is 1. The molecule has 1 aromatic heterocycles. The van der Waals surface area contributed by atoms with Crippen molar-refractivity contribution in [3.63, 3.8) is 0 Å². The highest BCUT2D eigenvalue weighted by Crippen LogP contribution is 2.11. The van der Waals surface area contributed by atoms with Gasteiger partial charge in [0.05, 0.1) is 18.2 Å². The van der Waals surface area contributed by atoms with E-state index in [2.05, 4.69) is 15.5 Å². The number of ether oxygens (including phenoxy) is 1. The monoisotopic (exact) mass is 334 g/mol. The Morgan fingerprint density at radius 3 is 2.64 bits per heavy atom. The first-order valence-corrected chi connectivity index (χ1v) is 7.52. The van der Waals surface area contributed by atoms with Crippen LogP contribution in [0, 0.1) is 11.3 Å². The first-order valence-electron chi connectivity index (χ1n) is 7.52. The number of hydrogen-bond donors (Lipinski definition) is 1. The average Bonchev–Trinajstić information content (AvgIpc) is 3.13. The molecule has 1 amide bonds. The molecule has 7 nitrogen and oxygen atoms in total. The van der Waals surface area contributed by atoms with Crippen LogP contribution in [0.1, 0.15) is 27.6 Å². The molecular weight excluding hydrogens is 320 g/mol. The predicted octanol–water partition coefficient (Wildman–Crippen LogP) is 2.45.